The van der Waals surface area contributed by atoms with Crippen molar-refractivity contribution in [2.45, 2.75) is 0 Å². The SMILES string of the molecule is OCCNC(=S)[S-].S=c1[nH]c2ccccc2s1.[K+].[Na+]. The fourth-order valence-electron chi connectivity index (χ4n) is 1.05. The van der Waals surface area contributed by atoms with Crippen LogP contribution >= 0.6 is 35.8 Å². The molecule has 0 radical (unpaired) electrons. The van der Waals surface area contributed by atoms with Crippen LogP contribution in [0.4, 0.5) is 0 Å². The Bertz CT molecular complexity index is 509. The van der Waals surface area contributed by atoms with E-state index in [9.17, 15) is 0 Å². The first-order chi connectivity index (χ1) is 8.13. The summed E-state index contributed by atoms with van der Waals surface area (Å²) in [6, 6.07) is 8.11. The van der Waals surface area contributed by atoms with E-state index in [-0.39, 0.29) is 87.5 Å². The summed E-state index contributed by atoms with van der Waals surface area (Å²) >= 11 is 15.5. The Hall–Kier alpha value is 2.04. The molecule has 0 aliphatic carbocycles. The van der Waals surface area contributed by atoms with Gasteiger partial charge in [0.25, 0.3) is 0 Å². The Morgan fingerprint density at radius 1 is 1.42 bits per heavy atom. The number of benzene rings is 1. The molecule has 92 valence electrons. The van der Waals surface area contributed by atoms with Gasteiger partial charge in [0.1, 0.15) is 0 Å². The molecule has 3 nitrogen and oxygen atoms in total. The number of aliphatic hydroxyl groups excluding tert-OH is 1. The van der Waals surface area contributed by atoms with E-state index >= 15 is 0 Å². The minimum Gasteiger partial charge on any atom is -0.412 e. The van der Waals surface area contributed by atoms with Gasteiger partial charge in [-0.05, 0) is 24.4 Å². The molecule has 1 aromatic heterocycles. The molecule has 19 heavy (non-hydrogen) atoms. The number of hydrogen-bond acceptors (Lipinski definition) is 5. The number of para-hydroxylation sites is 1. The molecule has 2 rings (SSSR count). The van der Waals surface area contributed by atoms with Crippen LogP contribution in [0, 0.1) is 3.95 Å². The summed E-state index contributed by atoms with van der Waals surface area (Å²) in [7, 11) is 0. The topological polar surface area (TPSA) is 48.0 Å². The summed E-state index contributed by atoms with van der Waals surface area (Å²) in [6.07, 6.45) is 0. The number of H-pyrrole nitrogens is 1. The number of aliphatic hydroxyl groups is 1. The predicted octanol–water partition coefficient (Wildman–Crippen LogP) is -3.63. The second-order valence-corrected chi connectivity index (χ2v) is 5.74. The molecule has 0 atom stereocenters. The summed E-state index contributed by atoms with van der Waals surface area (Å²) in [4.78, 5) is 3.09. The van der Waals surface area contributed by atoms with Crippen molar-refractivity contribution in [2.75, 3.05) is 13.2 Å². The van der Waals surface area contributed by atoms with Gasteiger partial charge in [0.15, 0.2) is 3.95 Å². The number of thiocarbonyl (C=S) groups is 1. The molecule has 0 aliphatic heterocycles. The molecule has 0 saturated heterocycles. The second kappa shape index (κ2) is 13.7. The molecule has 0 bridgehead atoms. The summed E-state index contributed by atoms with van der Waals surface area (Å²) in [5, 5.41) is 10.7. The summed E-state index contributed by atoms with van der Waals surface area (Å²) in [5.41, 5.74) is 1.14. The minimum atomic E-state index is 0. The van der Waals surface area contributed by atoms with Gasteiger partial charge >= 0.3 is 80.9 Å². The van der Waals surface area contributed by atoms with Crippen LogP contribution in [0.1, 0.15) is 0 Å². The van der Waals surface area contributed by atoms with Gasteiger partial charge in [-0.25, -0.2) is 0 Å². The third-order valence-electron chi connectivity index (χ3n) is 1.71. The summed E-state index contributed by atoms with van der Waals surface area (Å²) in [6.45, 7) is 0.541. The van der Waals surface area contributed by atoms with Gasteiger partial charge in [-0.2, -0.15) is 0 Å². The monoisotopic (exact) mass is 365 g/mol. The molecule has 0 spiro atoms. The van der Waals surface area contributed by atoms with Crippen LogP contribution in [0.5, 0.6) is 0 Å². The molecule has 0 fully saturated rings. The van der Waals surface area contributed by atoms with E-state index in [0.717, 1.165) is 9.47 Å². The number of thiazole rings is 1. The average molecular weight is 366 g/mol. The quantitative estimate of drug-likeness (QED) is 0.291. The molecule has 0 unspecified atom stereocenters. The van der Waals surface area contributed by atoms with Crippen LogP contribution in [0.15, 0.2) is 24.3 Å². The van der Waals surface area contributed by atoms with Gasteiger partial charge in [0.2, 0.25) is 0 Å². The van der Waals surface area contributed by atoms with E-state index in [1.165, 1.54) is 4.70 Å². The number of aromatic nitrogens is 1. The number of rotatable bonds is 2. The molecular formula is C10H11KN2NaOS4+. The molecular weight excluding hydrogens is 354 g/mol. The normalized spacial score (nSPS) is 8.47. The zero-order valence-corrected chi connectivity index (χ0v) is 19.2. The zero-order chi connectivity index (χ0) is 12.7. The van der Waals surface area contributed by atoms with Crippen molar-refractivity contribution in [3.63, 3.8) is 0 Å². The van der Waals surface area contributed by atoms with Crippen LogP contribution < -0.4 is 86.3 Å². The van der Waals surface area contributed by atoms with E-state index in [4.69, 9.17) is 17.3 Å². The maximum absolute atomic E-state index is 8.15. The molecule has 1 aromatic carbocycles. The fourth-order valence-corrected chi connectivity index (χ4v) is 2.37. The Morgan fingerprint density at radius 2 is 2.05 bits per heavy atom. The standard InChI is InChI=1S/C7H5NS2.C3H7NOS2.K.Na/c9-7-8-5-3-1-2-4-6(5)10-7;5-2-1-4-3(6)7;;/h1-4H,(H,8,9);5H,1-2H2,(H2,4,6,7);;/q;;2*+1/p-1. The van der Waals surface area contributed by atoms with Gasteiger partial charge in [0, 0.05) is 6.54 Å². The summed E-state index contributed by atoms with van der Waals surface area (Å²) < 4.78 is 2.39. The van der Waals surface area contributed by atoms with E-state index in [1.54, 1.807) is 11.3 Å². The molecule has 9 heteroatoms. The van der Waals surface area contributed by atoms with Crippen molar-refractivity contribution >= 4 is 62.9 Å². The van der Waals surface area contributed by atoms with Gasteiger partial charge in [-0.1, -0.05) is 16.5 Å². The second-order valence-electron chi connectivity index (χ2n) is 2.95. The first kappa shape index (κ1) is 23.3. The van der Waals surface area contributed by atoms with Crippen molar-refractivity contribution in [3.05, 3.63) is 28.2 Å². The fraction of sp³-hybridized carbons (Fsp3) is 0.200. The molecule has 0 amide bonds. The van der Waals surface area contributed by atoms with Crippen LogP contribution in [0.25, 0.3) is 10.2 Å². The van der Waals surface area contributed by atoms with Gasteiger partial charge in [0.05, 0.1) is 16.8 Å². The van der Waals surface area contributed by atoms with Crippen molar-refractivity contribution in [1.82, 2.24) is 10.3 Å². The number of aromatic amines is 1. The molecule has 3 N–H and O–H groups in total. The molecule has 0 aliphatic rings. The number of nitrogens with one attached hydrogen (secondary N) is 2. The molecule has 1 heterocycles. The maximum Gasteiger partial charge on any atom is 1.00 e. The van der Waals surface area contributed by atoms with Gasteiger partial charge in [-0.3, -0.25) is 0 Å². The smallest absolute Gasteiger partial charge is 0.412 e. The van der Waals surface area contributed by atoms with E-state index in [2.05, 4.69) is 41.2 Å². The minimum absolute atomic E-state index is 0. The van der Waals surface area contributed by atoms with Crippen LogP contribution in [-0.2, 0) is 12.6 Å². The Balaban J connectivity index is 0. The van der Waals surface area contributed by atoms with E-state index in [1.807, 2.05) is 18.2 Å². The van der Waals surface area contributed by atoms with Crippen molar-refractivity contribution in [2.24, 2.45) is 0 Å². The number of hydrogen-bond donors (Lipinski definition) is 3. The molecule has 0 saturated carbocycles. The van der Waals surface area contributed by atoms with Crippen LogP contribution in [0.2, 0.25) is 0 Å². The number of fused-ring (bicyclic) bond motifs is 1. The third kappa shape index (κ3) is 10.4. The van der Waals surface area contributed by atoms with E-state index < -0.39 is 0 Å². The van der Waals surface area contributed by atoms with Crippen molar-refractivity contribution in [3.8, 4) is 0 Å². The Morgan fingerprint density at radius 3 is 2.53 bits per heavy atom. The maximum atomic E-state index is 8.15. The Kier molecular flexibility index (Phi) is 16.8. The van der Waals surface area contributed by atoms with Gasteiger partial charge < -0.3 is 40.3 Å². The largest absolute Gasteiger partial charge is 1.00 e. The van der Waals surface area contributed by atoms with Crippen LogP contribution in [0.3, 0.4) is 0 Å². The van der Waals surface area contributed by atoms with Crippen molar-refractivity contribution in [1.29, 1.82) is 0 Å². The Labute approximate surface area is 197 Å². The predicted molar refractivity (Wildman–Crippen MR) is 82.1 cm³/mol. The zero-order valence-electron chi connectivity index (χ0n) is 10.8. The third-order valence-corrected chi connectivity index (χ3v) is 3.21. The van der Waals surface area contributed by atoms with Crippen LogP contribution in [-0.4, -0.2) is 27.6 Å². The first-order valence-corrected chi connectivity index (χ1v) is 6.81. The average Bonchev–Trinajstić information content (AvgIpc) is 2.67. The van der Waals surface area contributed by atoms with Crippen molar-refractivity contribution < 1.29 is 86.0 Å². The van der Waals surface area contributed by atoms with Gasteiger partial charge in [-0.15, -0.1) is 11.3 Å². The van der Waals surface area contributed by atoms with E-state index in [0.29, 0.717) is 10.9 Å². The summed E-state index contributed by atoms with van der Waals surface area (Å²) in [5.74, 6) is 0. The molecule has 2 aromatic rings. The first-order valence-electron chi connectivity index (χ1n) is 4.77.